The SMILES string of the molecule is CN(CCO)S(C)=O. The minimum atomic E-state index is -0.937. The molecule has 0 aliphatic heterocycles. The Balaban J connectivity index is 3.32. The summed E-state index contributed by atoms with van der Waals surface area (Å²) in [6, 6.07) is 0. The summed E-state index contributed by atoms with van der Waals surface area (Å²) in [5, 5.41) is 8.31. The van der Waals surface area contributed by atoms with Gasteiger partial charge < -0.3 is 5.11 Å². The number of aliphatic hydroxyl groups is 1. The highest BCUT2D eigenvalue weighted by atomic mass is 32.2. The van der Waals surface area contributed by atoms with Crippen LogP contribution in [-0.4, -0.2) is 40.1 Å². The fourth-order valence-electron chi connectivity index (χ4n) is 0.269. The molecule has 0 aliphatic rings. The average Bonchev–Trinajstić information content (AvgIpc) is 1.67. The minimum Gasteiger partial charge on any atom is -0.395 e. The topological polar surface area (TPSA) is 40.5 Å². The molecule has 0 spiro atoms. The van der Waals surface area contributed by atoms with Gasteiger partial charge in [0.2, 0.25) is 0 Å². The zero-order chi connectivity index (χ0) is 6.57. The van der Waals surface area contributed by atoms with Gasteiger partial charge in [-0.2, -0.15) is 0 Å². The first-order chi connectivity index (χ1) is 3.68. The van der Waals surface area contributed by atoms with E-state index in [1.807, 2.05) is 0 Å². The van der Waals surface area contributed by atoms with Crippen LogP contribution in [0.3, 0.4) is 0 Å². The van der Waals surface area contributed by atoms with Crippen LogP contribution in [0.4, 0.5) is 0 Å². The van der Waals surface area contributed by atoms with Crippen LogP contribution in [0.5, 0.6) is 0 Å². The van der Waals surface area contributed by atoms with E-state index in [9.17, 15) is 4.21 Å². The Kier molecular flexibility index (Phi) is 4.03. The Morgan fingerprint density at radius 3 is 2.38 bits per heavy atom. The lowest BCUT2D eigenvalue weighted by atomic mass is 10.7. The molecule has 0 aliphatic carbocycles. The van der Waals surface area contributed by atoms with Gasteiger partial charge in [-0.1, -0.05) is 0 Å². The van der Waals surface area contributed by atoms with E-state index in [0.29, 0.717) is 6.54 Å². The van der Waals surface area contributed by atoms with Crippen molar-refractivity contribution in [2.45, 2.75) is 0 Å². The molecule has 0 fully saturated rings. The molecule has 8 heavy (non-hydrogen) atoms. The van der Waals surface area contributed by atoms with E-state index in [0.717, 1.165) is 0 Å². The summed E-state index contributed by atoms with van der Waals surface area (Å²) in [6.45, 7) is 0.541. The lowest BCUT2D eigenvalue weighted by Crippen LogP contribution is -2.23. The van der Waals surface area contributed by atoms with E-state index >= 15 is 0 Å². The van der Waals surface area contributed by atoms with Gasteiger partial charge in [0.05, 0.1) is 17.6 Å². The Morgan fingerprint density at radius 1 is 1.75 bits per heavy atom. The number of rotatable bonds is 3. The zero-order valence-electron chi connectivity index (χ0n) is 5.13. The van der Waals surface area contributed by atoms with Gasteiger partial charge in [-0.25, -0.2) is 8.51 Å². The third-order valence-corrected chi connectivity index (χ3v) is 1.91. The van der Waals surface area contributed by atoms with Gasteiger partial charge in [-0.3, -0.25) is 0 Å². The van der Waals surface area contributed by atoms with Crippen LogP contribution >= 0.6 is 0 Å². The standard InChI is InChI=1S/C4H11NO2S/c1-5(3-4-6)8(2)7/h6H,3-4H2,1-2H3. The number of hydrogen-bond donors (Lipinski definition) is 1. The second-order valence-electron chi connectivity index (χ2n) is 1.50. The third kappa shape index (κ3) is 3.12. The van der Waals surface area contributed by atoms with Gasteiger partial charge in [-0.05, 0) is 7.05 Å². The summed E-state index contributed by atoms with van der Waals surface area (Å²) >= 11 is 0. The van der Waals surface area contributed by atoms with E-state index in [4.69, 9.17) is 5.11 Å². The van der Waals surface area contributed by atoms with Gasteiger partial charge in [0.25, 0.3) is 0 Å². The van der Waals surface area contributed by atoms with E-state index in [1.165, 1.54) is 0 Å². The molecular weight excluding hydrogens is 126 g/mol. The molecule has 1 N–H and O–H groups in total. The maximum absolute atomic E-state index is 10.5. The highest BCUT2D eigenvalue weighted by Gasteiger charge is 1.97. The molecule has 0 saturated carbocycles. The smallest absolute Gasteiger partial charge is 0.0908 e. The van der Waals surface area contributed by atoms with E-state index in [-0.39, 0.29) is 6.61 Å². The normalized spacial score (nSPS) is 14.5. The number of hydrogen-bond acceptors (Lipinski definition) is 2. The van der Waals surface area contributed by atoms with Crippen LogP contribution in [0.15, 0.2) is 0 Å². The summed E-state index contributed by atoms with van der Waals surface area (Å²) in [6.07, 6.45) is 1.58. The van der Waals surface area contributed by atoms with Crippen molar-refractivity contribution in [2.24, 2.45) is 0 Å². The molecule has 0 heterocycles. The van der Waals surface area contributed by atoms with Gasteiger partial charge in [-0.15, -0.1) is 0 Å². The van der Waals surface area contributed by atoms with Crippen LogP contribution in [0.1, 0.15) is 0 Å². The largest absolute Gasteiger partial charge is 0.395 e. The molecular formula is C4H11NO2S. The minimum absolute atomic E-state index is 0.0656. The van der Waals surface area contributed by atoms with Gasteiger partial charge in [0.15, 0.2) is 0 Å². The molecule has 1 unspecified atom stereocenters. The molecule has 0 radical (unpaired) electrons. The first-order valence-electron chi connectivity index (χ1n) is 2.34. The van der Waals surface area contributed by atoms with Crippen LogP contribution in [0.25, 0.3) is 0 Å². The Morgan fingerprint density at radius 2 is 2.25 bits per heavy atom. The number of likely N-dealkylation sites (N-methyl/N-ethyl adjacent to an activating group) is 1. The Bertz CT molecular complexity index is 86.1. The summed E-state index contributed by atoms with van der Waals surface area (Å²) in [5.41, 5.74) is 0. The van der Waals surface area contributed by atoms with Gasteiger partial charge in [0, 0.05) is 12.8 Å². The summed E-state index contributed by atoms with van der Waals surface area (Å²) < 4.78 is 12.0. The second kappa shape index (κ2) is 4.00. The van der Waals surface area contributed by atoms with Crippen LogP contribution in [0.2, 0.25) is 0 Å². The highest BCUT2D eigenvalue weighted by Crippen LogP contribution is 1.82. The average molecular weight is 137 g/mol. The first kappa shape index (κ1) is 8.07. The van der Waals surface area contributed by atoms with Crippen molar-refractivity contribution < 1.29 is 9.32 Å². The van der Waals surface area contributed by atoms with Crippen LogP contribution in [-0.2, 0) is 11.0 Å². The lowest BCUT2D eigenvalue weighted by molar-refractivity contribution is 0.270. The van der Waals surface area contributed by atoms with Crippen molar-refractivity contribution in [1.29, 1.82) is 0 Å². The quantitative estimate of drug-likeness (QED) is 0.553. The van der Waals surface area contributed by atoms with Crippen LogP contribution in [0, 0.1) is 0 Å². The molecule has 0 aromatic carbocycles. The molecule has 1 atom stereocenters. The summed E-state index contributed by atoms with van der Waals surface area (Å²) in [5.74, 6) is 0. The molecule has 0 bridgehead atoms. The monoisotopic (exact) mass is 137 g/mol. The molecule has 0 rings (SSSR count). The maximum Gasteiger partial charge on any atom is 0.0908 e. The zero-order valence-corrected chi connectivity index (χ0v) is 5.94. The van der Waals surface area contributed by atoms with Gasteiger partial charge >= 0.3 is 0 Å². The number of aliphatic hydroxyl groups excluding tert-OH is 1. The second-order valence-corrected chi connectivity index (χ2v) is 2.97. The molecule has 50 valence electrons. The van der Waals surface area contributed by atoms with Crippen molar-refractivity contribution in [3.05, 3.63) is 0 Å². The molecule has 0 amide bonds. The van der Waals surface area contributed by atoms with E-state index in [1.54, 1.807) is 17.6 Å². The Hall–Kier alpha value is 0.0700. The van der Waals surface area contributed by atoms with Crippen molar-refractivity contribution in [1.82, 2.24) is 4.31 Å². The molecule has 0 aromatic rings. The van der Waals surface area contributed by atoms with Crippen molar-refractivity contribution in [3.8, 4) is 0 Å². The predicted molar refractivity (Wildman–Crippen MR) is 33.8 cm³/mol. The molecule has 4 heteroatoms. The van der Waals surface area contributed by atoms with Crippen LogP contribution < -0.4 is 0 Å². The van der Waals surface area contributed by atoms with Crippen molar-refractivity contribution in [2.75, 3.05) is 26.5 Å². The highest BCUT2D eigenvalue weighted by molar-refractivity contribution is 7.81. The van der Waals surface area contributed by atoms with E-state index in [2.05, 4.69) is 0 Å². The first-order valence-corrected chi connectivity index (χ1v) is 3.85. The predicted octanol–water partition coefficient (Wildman–Crippen LogP) is -0.796. The molecule has 3 nitrogen and oxygen atoms in total. The summed E-state index contributed by atoms with van der Waals surface area (Å²) in [7, 11) is 0.764. The summed E-state index contributed by atoms with van der Waals surface area (Å²) in [4.78, 5) is 0. The maximum atomic E-state index is 10.5. The fraction of sp³-hybridized carbons (Fsp3) is 1.00. The number of nitrogens with zero attached hydrogens (tertiary/aromatic N) is 1. The lowest BCUT2D eigenvalue weighted by Gasteiger charge is -2.08. The van der Waals surface area contributed by atoms with Gasteiger partial charge in [0.1, 0.15) is 0 Å². The molecule has 0 aromatic heterocycles. The van der Waals surface area contributed by atoms with Crippen molar-refractivity contribution >= 4 is 11.0 Å². The fourth-order valence-corrected chi connectivity index (χ4v) is 0.608. The Labute approximate surface area is 51.9 Å². The molecule has 0 saturated heterocycles. The third-order valence-electron chi connectivity index (χ3n) is 0.854. The van der Waals surface area contributed by atoms with Crippen molar-refractivity contribution in [3.63, 3.8) is 0 Å². The van der Waals surface area contributed by atoms with E-state index < -0.39 is 11.0 Å².